The first-order valence-electron chi connectivity index (χ1n) is 4.58. The number of fused-ring (bicyclic) bond motifs is 1. The van der Waals surface area contributed by atoms with E-state index in [0.29, 0.717) is 11.3 Å². The summed E-state index contributed by atoms with van der Waals surface area (Å²) in [6.07, 6.45) is 0. The second-order valence-electron chi connectivity index (χ2n) is 3.00. The molecule has 0 bridgehead atoms. The van der Waals surface area contributed by atoms with E-state index in [4.69, 9.17) is 9.52 Å². The number of aliphatic hydroxyl groups excluding tert-OH is 1. The zero-order valence-corrected chi connectivity index (χ0v) is 8.79. The molecule has 1 aromatic heterocycles. The van der Waals surface area contributed by atoms with Gasteiger partial charge in [-0.1, -0.05) is 18.2 Å². The van der Waals surface area contributed by atoms with Gasteiger partial charge in [-0.05, 0) is 6.07 Å². The number of hydrogen-bond acceptors (Lipinski definition) is 4. The van der Waals surface area contributed by atoms with Crippen LogP contribution in [-0.2, 0) is 0 Å². The molecule has 15 heavy (non-hydrogen) atoms. The van der Waals surface area contributed by atoms with Crippen molar-refractivity contribution in [3.8, 4) is 0 Å². The summed E-state index contributed by atoms with van der Waals surface area (Å²) in [4.78, 5) is 12.1. The molecule has 2 aromatic rings. The van der Waals surface area contributed by atoms with Gasteiger partial charge in [0.15, 0.2) is 0 Å². The van der Waals surface area contributed by atoms with Crippen molar-refractivity contribution in [1.82, 2.24) is 0 Å². The molecule has 0 saturated heterocycles. The molecular formula is C11H10O3S. The Labute approximate surface area is 90.7 Å². The average molecular weight is 222 g/mol. The largest absolute Gasteiger partial charge is 0.423 e. The van der Waals surface area contributed by atoms with Crippen molar-refractivity contribution in [2.75, 3.05) is 12.4 Å². The molecule has 0 unspecified atom stereocenters. The van der Waals surface area contributed by atoms with E-state index < -0.39 is 0 Å². The maximum Gasteiger partial charge on any atom is 0.337 e. The Morgan fingerprint density at radius 2 is 2.13 bits per heavy atom. The van der Waals surface area contributed by atoms with Gasteiger partial charge < -0.3 is 9.52 Å². The van der Waals surface area contributed by atoms with Gasteiger partial charge in [-0.15, -0.1) is 11.8 Å². The van der Waals surface area contributed by atoms with Gasteiger partial charge in [0.05, 0.1) is 6.61 Å². The fourth-order valence-corrected chi connectivity index (χ4v) is 2.17. The summed E-state index contributed by atoms with van der Waals surface area (Å²) in [5.41, 5.74) is 0.236. The van der Waals surface area contributed by atoms with Gasteiger partial charge in [-0.3, -0.25) is 0 Å². The van der Waals surface area contributed by atoms with E-state index in [9.17, 15) is 4.79 Å². The molecule has 1 heterocycles. The molecule has 0 aliphatic heterocycles. The Hall–Kier alpha value is -1.26. The lowest BCUT2D eigenvalue weighted by molar-refractivity contribution is 0.322. The van der Waals surface area contributed by atoms with Crippen LogP contribution < -0.4 is 5.63 Å². The number of hydrogen-bond donors (Lipinski definition) is 1. The Morgan fingerprint density at radius 1 is 1.33 bits per heavy atom. The van der Waals surface area contributed by atoms with E-state index >= 15 is 0 Å². The SMILES string of the molecule is O=c1cc(SCCO)c2ccccc2o1. The third-order valence-corrected chi connectivity index (χ3v) is 3.00. The molecule has 1 aromatic carbocycles. The normalized spacial score (nSPS) is 10.7. The van der Waals surface area contributed by atoms with Gasteiger partial charge in [-0.25, -0.2) is 4.79 Å². The Balaban J connectivity index is 2.55. The van der Waals surface area contributed by atoms with Crippen molar-refractivity contribution >= 4 is 22.7 Å². The fraction of sp³-hybridized carbons (Fsp3) is 0.182. The highest BCUT2D eigenvalue weighted by atomic mass is 32.2. The monoisotopic (exact) mass is 222 g/mol. The van der Waals surface area contributed by atoms with Crippen molar-refractivity contribution < 1.29 is 9.52 Å². The molecule has 3 nitrogen and oxygen atoms in total. The molecular weight excluding hydrogens is 212 g/mol. The molecule has 2 rings (SSSR count). The van der Waals surface area contributed by atoms with E-state index in [1.54, 1.807) is 6.07 Å². The molecule has 4 heteroatoms. The molecule has 0 atom stereocenters. The molecule has 0 fully saturated rings. The minimum atomic E-state index is -0.353. The first kappa shape index (κ1) is 10.3. The van der Waals surface area contributed by atoms with Gasteiger partial charge in [0, 0.05) is 22.1 Å². The molecule has 0 aliphatic rings. The van der Waals surface area contributed by atoms with Crippen LogP contribution in [0.4, 0.5) is 0 Å². The van der Waals surface area contributed by atoms with Gasteiger partial charge in [0.1, 0.15) is 5.58 Å². The predicted octanol–water partition coefficient (Wildman–Crippen LogP) is 1.88. The zero-order chi connectivity index (χ0) is 10.7. The molecule has 0 radical (unpaired) electrons. The molecule has 0 aliphatic carbocycles. The van der Waals surface area contributed by atoms with Crippen LogP contribution in [0.2, 0.25) is 0 Å². The van der Waals surface area contributed by atoms with Gasteiger partial charge in [0.25, 0.3) is 0 Å². The third-order valence-electron chi connectivity index (χ3n) is 1.96. The summed E-state index contributed by atoms with van der Waals surface area (Å²) in [7, 11) is 0. The van der Waals surface area contributed by atoms with Crippen LogP contribution in [0.5, 0.6) is 0 Å². The number of aliphatic hydroxyl groups is 1. The summed E-state index contributed by atoms with van der Waals surface area (Å²) in [6, 6.07) is 8.84. The topological polar surface area (TPSA) is 50.4 Å². The maximum absolute atomic E-state index is 11.2. The lowest BCUT2D eigenvalue weighted by atomic mass is 10.2. The lowest BCUT2D eigenvalue weighted by Gasteiger charge is -2.02. The van der Waals surface area contributed by atoms with Gasteiger partial charge >= 0.3 is 5.63 Å². The van der Waals surface area contributed by atoms with Crippen molar-refractivity contribution in [1.29, 1.82) is 0 Å². The molecule has 0 saturated carbocycles. The highest BCUT2D eigenvalue weighted by Gasteiger charge is 2.04. The summed E-state index contributed by atoms with van der Waals surface area (Å²) in [5, 5.41) is 9.66. The van der Waals surface area contributed by atoms with Crippen LogP contribution in [0.1, 0.15) is 0 Å². The van der Waals surface area contributed by atoms with Crippen molar-refractivity contribution in [2.24, 2.45) is 0 Å². The molecule has 0 spiro atoms. The number of rotatable bonds is 3. The first-order valence-corrected chi connectivity index (χ1v) is 5.56. The molecule has 1 N–H and O–H groups in total. The van der Waals surface area contributed by atoms with Crippen LogP contribution in [0.3, 0.4) is 0 Å². The average Bonchev–Trinajstić information content (AvgIpc) is 2.25. The minimum Gasteiger partial charge on any atom is -0.423 e. The van der Waals surface area contributed by atoms with Crippen LogP contribution >= 0.6 is 11.8 Å². The van der Waals surface area contributed by atoms with Crippen LogP contribution in [0.25, 0.3) is 11.0 Å². The van der Waals surface area contributed by atoms with E-state index in [1.807, 2.05) is 18.2 Å². The maximum atomic E-state index is 11.2. The van der Waals surface area contributed by atoms with E-state index in [0.717, 1.165) is 10.3 Å². The van der Waals surface area contributed by atoms with Crippen molar-refractivity contribution in [3.05, 3.63) is 40.8 Å². The standard InChI is InChI=1S/C11H10O3S/c12-5-6-15-10-7-11(13)14-9-4-2-1-3-8(9)10/h1-4,7,12H,5-6H2. The highest BCUT2D eigenvalue weighted by molar-refractivity contribution is 7.99. The van der Waals surface area contributed by atoms with E-state index in [1.165, 1.54) is 17.8 Å². The van der Waals surface area contributed by atoms with Crippen LogP contribution in [0, 0.1) is 0 Å². The van der Waals surface area contributed by atoms with Crippen molar-refractivity contribution in [2.45, 2.75) is 4.90 Å². The van der Waals surface area contributed by atoms with Gasteiger partial charge in [0.2, 0.25) is 0 Å². The smallest absolute Gasteiger partial charge is 0.337 e. The zero-order valence-electron chi connectivity index (χ0n) is 7.97. The Kier molecular flexibility index (Phi) is 3.08. The number of thioether (sulfide) groups is 1. The first-order chi connectivity index (χ1) is 7.31. The highest BCUT2D eigenvalue weighted by Crippen LogP contribution is 2.25. The number of para-hydroxylation sites is 1. The fourth-order valence-electron chi connectivity index (χ4n) is 1.36. The molecule has 0 amide bonds. The van der Waals surface area contributed by atoms with Crippen LogP contribution in [0.15, 0.2) is 44.4 Å². The Morgan fingerprint density at radius 3 is 2.93 bits per heavy atom. The van der Waals surface area contributed by atoms with Crippen molar-refractivity contribution in [3.63, 3.8) is 0 Å². The summed E-state index contributed by atoms with van der Waals surface area (Å²) in [5.74, 6) is 0.577. The second-order valence-corrected chi connectivity index (χ2v) is 4.13. The lowest BCUT2D eigenvalue weighted by Crippen LogP contribution is -1.98. The summed E-state index contributed by atoms with van der Waals surface area (Å²) >= 11 is 1.45. The number of benzene rings is 1. The van der Waals surface area contributed by atoms with Crippen LogP contribution in [-0.4, -0.2) is 17.5 Å². The minimum absolute atomic E-state index is 0.0964. The quantitative estimate of drug-likeness (QED) is 0.636. The second kappa shape index (κ2) is 4.51. The Bertz CT molecular complexity index is 518. The summed E-state index contributed by atoms with van der Waals surface area (Å²) < 4.78 is 5.05. The molecule has 78 valence electrons. The third kappa shape index (κ3) is 2.22. The predicted molar refractivity (Wildman–Crippen MR) is 60.3 cm³/mol. The summed E-state index contributed by atoms with van der Waals surface area (Å²) in [6.45, 7) is 0.0964. The van der Waals surface area contributed by atoms with E-state index in [2.05, 4.69) is 0 Å². The van der Waals surface area contributed by atoms with Gasteiger partial charge in [-0.2, -0.15) is 0 Å². The van der Waals surface area contributed by atoms with E-state index in [-0.39, 0.29) is 12.2 Å².